The molecule has 17 heavy (non-hydrogen) atoms. The van der Waals surface area contributed by atoms with Crippen molar-refractivity contribution in [2.45, 2.75) is 77.6 Å². The summed E-state index contributed by atoms with van der Waals surface area (Å²) in [5.74, 6) is 0. The molecule has 0 aliphatic carbocycles. The first kappa shape index (κ1) is 16.6. The maximum absolute atomic E-state index is 10.1. The second-order valence-electron chi connectivity index (χ2n) is 4.75. The highest BCUT2D eigenvalue weighted by molar-refractivity contribution is 5.48. The molecule has 0 heterocycles. The van der Waals surface area contributed by atoms with Gasteiger partial charge in [0, 0.05) is 19.6 Å². The van der Waals surface area contributed by atoms with Crippen LogP contribution < -0.4 is 0 Å². The lowest BCUT2D eigenvalue weighted by Crippen LogP contribution is -1.97. The minimum absolute atomic E-state index is 0.730. The van der Waals surface area contributed by atoms with Gasteiger partial charge in [0.1, 0.15) is 6.29 Å². The Labute approximate surface area is 107 Å². The Bertz CT molecular complexity index is 146. The van der Waals surface area contributed by atoms with E-state index in [1.54, 1.807) is 0 Å². The second-order valence-corrected chi connectivity index (χ2v) is 4.75. The lowest BCUT2D eigenvalue weighted by atomic mass is 10.1. The van der Waals surface area contributed by atoms with Gasteiger partial charge in [0.15, 0.2) is 0 Å². The number of carbonyl (C=O) groups is 1. The Kier molecular flexibility index (Phi) is 15.3. The third-order valence-corrected chi connectivity index (χ3v) is 3.00. The molecule has 0 fully saturated rings. The summed E-state index contributed by atoms with van der Waals surface area (Å²) in [4.78, 5) is 10.1. The fourth-order valence-electron chi connectivity index (χ4n) is 1.87. The summed E-state index contributed by atoms with van der Waals surface area (Å²) in [7, 11) is 0. The largest absolute Gasteiger partial charge is 0.381 e. The summed E-state index contributed by atoms with van der Waals surface area (Å²) in [6.07, 6.45) is 14.2. The summed E-state index contributed by atoms with van der Waals surface area (Å²) in [5.41, 5.74) is 0. The molecule has 2 heteroatoms. The zero-order chi connectivity index (χ0) is 12.6. The summed E-state index contributed by atoms with van der Waals surface area (Å²) in [6.45, 7) is 4.10. The van der Waals surface area contributed by atoms with Gasteiger partial charge in [-0.15, -0.1) is 0 Å². The van der Waals surface area contributed by atoms with E-state index in [0.29, 0.717) is 0 Å². The zero-order valence-corrected chi connectivity index (χ0v) is 11.6. The van der Waals surface area contributed by atoms with Crippen LogP contribution in [0.25, 0.3) is 0 Å². The van der Waals surface area contributed by atoms with Crippen LogP contribution in [0, 0.1) is 0 Å². The first-order valence-corrected chi connectivity index (χ1v) is 7.43. The molecule has 0 saturated heterocycles. The van der Waals surface area contributed by atoms with E-state index in [0.717, 1.165) is 32.3 Å². The highest BCUT2D eigenvalue weighted by Gasteiger charge is 1.92. The van der Waals surface area contributed by atoms with E-state index in [9.17, 15) is 4.79 Å². The normalized spacial score (nSPS) is 10.6. The van der Waals surface area contributed by atoms with Crippen molar-refractivity contribution >= 4 is 6.29 Å². The summed E-state index contributed by atoms with van der Waals surface area (Å²) < 4.78 is 5.59. The SMILES string of the molecule is CCCCCCCOCCCCCCCC=O. The van der Waals surface area contributed by atoms with Crippen molar-refractivity contribution in [3.8, 4) is 0 Å². The van der Waals surface area contributed by atoms with Crippen molar-refractivity contribution in [2.24, 2.45) is 0 Å². The molecule has 0 unspecified atom stereocenters. The Morgan fingerprint density at radius 2 is 1.29 bits per heavy atom. The maximum Gasteiger partial charge on any atom is 0.119 e. The average Bonchev–Trinajstić information content (AvgIpc) is 2.35. The average molecular weight is 242 g/mol. The van der Waals surface area contributed by atoms with E-state index < -0.39 is 0 Å². The number of aldehydes is 1. The molecule has 0 bridgehead atoms. The van der Waals surface area contributed by atoms with Crippen molar-refractivity contribution in [1.82, 2.24) is 0 Å². The van der Waals surface area contributed by atoms with E-state index in [2.05, 4.69) is 6.92 Å². The molecule has 0 spiro atoms. The Hall–Kier alpha value is -0.370. The van der Waals surface area contributed by atoms with Crippen LogP contribution in [-0.4, -0.2) is 19.5 Å². The van der Waals surface area contributed by atoms with Gasteiger partial charge >= 0.3 is 0 Å². The van der Waals surface area contributed by atoms with E-state index in [-0.39, 0.29) is 0 Å². The van der Waals surface area contributed by atoms with Crippen molar-refractivity contribution in [3.63, 3.8) is 0 Å². The third-order valence-electron chi connectivity index (χ3n) is 3.00. The van der Waals surface area contributed by atoms with Crippen molar-refractivity contribution < 1.29 is 9.53 Å². The monoisotopic (exact) mass is 242 g/mol. The highest BCUT2D eigenvalue weighted by atomic mass is 16.5. The summed E-state index contributed by atoms with van der Waals surface area (Å²) in [5, 5.41) is 0. The van der Waals surface area contributed by atoms with Crippen LogP contribution in [0.2, 0.25) is 0 Å². The minimum Gasteiger partial charge on any atom is -0.381 e. The van der Waals surface area contributed by atoms with Crippen LogP contribution in [0.4, 0.5) is 0 Å². The number of hydrogen-bond donors (Lipinski definition) is 0. The molecule has 0 atom stereocenters. The van der Waals surface area contributed by atoms with Crippen LogP contribution in [0.3, 0.4) is 0 Å². The number of unbranched alkanes of at least 4 members (excludes halogenated alkanes) is 9. The number of rotatable bonds is 14. The first-order chi connectivity index (χ1) is 8.41. The molecule has 0 aromatic heterocycles. The summed E-state index contributed by atoms with van der Waals surface area (Å²) >= 11 is 0. The highest BCUT2D eigenvalue weighted by Crippen LogP contribution is 2.05. The predicted molar refractivity (Wildman–Crippen MR) is 73.3 cm³/mol. The molecule has 0 aromatic carbocycles. The van der Waals surface area contributed by atoms with Crippen molar-refractivity contribution in [2.75, 3.05) is 13.2 Å². The zero-order valence-electron chi connectivity index (χ0n) is 11.6. The van der Waals surface area contributed by atoms with Gasteiger partial charge in [0.25, 0.3) is 0 Å². The standard InChI is InChI=1S/C15H30O2/c1-2-3-4-8-11-14-17-15-12-9-6-5-7-10-13-16/h13H,2-12,14-15H2,1H3. The van der Waals surface area contributed by atoms with Gasteiger partial charge in [-0.2, -0.15) is 0 Å². The van der Waals surface area contributed by atoms with Gasteiger partial charge in [-0.05, 0) is 19.3 Å². The Morgan fingerprint density at radius 1 is 0.765 bits per heavy atom. The number of carbonyl (C=O) groups excluding carboxylic acids is 1. The van der Waals surface area contributed by atoms with Crippen LogP contribution >= 0.6 is 0 Å². The molecular formula is C15H30O2. The smallest absolute Gasteiger partial charge is 0.119 e. The quantitative estimate of drug-likeness (QED) is 0.331. The van der Waals surface area contributed by atoms with Crippen LogP contribution in [-0.2, 0) is 9.53 Å². The first-order valence-electron chi connectivity index (χ1n) is 7.43. The Balaban J connectivity index is 2.87. The molecule has 0 aromatic rings. The van der Waals surface area contributed by atoms with E-state index in [1.807, 2.05) is 0 Å². The lowest BCUT2D eigenvalue weighted by molar-refractivity contribution is -0.107. The molecule has 0 amide bonds. The van der Waals surface area contributed by atoms with E-state index in [4.69, 9.17) is 4.74 Å². The molecule has 0 aliphatic heterocycles. The molecule has 0 N–H and O–H groups in total. The molecule has 0 rings (SSSR count). The van der Waals surface area contributed by atoms with Crippen molar-refractivity contribution in [3.05, 3.63) is 0 Å². The van der Waals surface area contributed by atoms with Gasteiger partial charge in [-0.25, -0.2) is 0 Å². The number of hydrogen-bond acceptors (Lipinski definition) is 2. The lowest BCUT2D eigenvalue weighted by Gasteiger charge is -2.04. The Morgan fingerprint density at radius 3 is 1.88 bits per heavy atom. The number of ether oxygens (including phenoxy) is 1. The fraction of sp³-hybridized carbons (Fsp3) is 0.933. The van der Waals surface area contributed by atoms with Gasteiger partial charge in [-0.3, -0.25) is 0 Å². The topological polar surface area (TPSA) is 26.3 Å². The third kappa shape index (κ3) is 15.6. The molecule has 102 valence electrons. The predicted octanol–water partition coefficient (Wildman–Crippen LogP) is 4.51. The van der Waals surface area contributed by atoms with Gasteiger partial charge < -0.3 is 9.53 Å². The maximum atomic E-state index is 10.1. The fourth-order valence-corrected chi connectivity index (χ4v) is 1.87. The van der Waals surface area contributed by atoms with Crippen LogP contribution in [0.5, 0.6) is 0 Å². The minimum atomic E-state index is 0.730. The molecule has 0 aliphatic rings. The second kappa shape index (κ2) is 15.6. The van der Waals surface area contributed by atoms with Crippen LogP contribution in [0.15, 0.2) is 0 Å². The van der Waals surface area contributed by atoms with Gasteiger partial charge in [0.05, 0.1) is 0 Å². The van der Waals surface area contributed by atoms with Gasteiger partial charge in [0.2, 0.25) is 0 Å². The van der Waals surface area contributed by atoms with Crippen LogP contribution in [0.1, 0.15) is 77.6 Å². The van der Waals surface area contributed by atoms with E-state index >= 15 is 0 Å². The van der Waals surface area contributed by atoms with Crippen molar-refractivity contribution in [1.29, 1.82) is 0 Å². The molecule has 0 radical (unpaired) electrons. The summed E-state index contributed by atoms with van der Waals surface area (Å²) in [6, 6.07) is 0. The molecular weight excluding hydrogens is 212 g/mol. The molecule has 0 saturated carbocycles. The molecule has 2 nitrogen and oxygen atoms in total. The van der Waals surface area contributed by atoms with Gasteiger partial charge in [-0.1, -0.05) is 51.9 Å². The van der Waals surface area contributed by atoms with E-state index in [1.165, 1.54) is 57.8 Å².